The van der Waals surface area contributed by atoms with E-state index in [1.165, 1.54) is 64.5 Å². The van der Waals surface area contributed by atoms with Crippen LogP contribution in [0.2, 0.25) is 0 Å². The van der Waals surface area contributed by atoms with E-state index in [1.807, 2.05) is 36.4 Å². The maximum atomic E-state index is 4.85. The minimum absolute atomic E-state index is 0.346. The molecule has 0 atom stereocenters. The molecule has 0 saturated carbocycles. The summed E-state index contributed by atoms with van der Waals surface area (Å²) in [5.41, 5.74) is 2.75. The summed E-state index contributed by atoms with van der Waals surface area (Å²) >= 11 is -0.346. The van der Waals surface area contributed by atoms with Crippen LogP contribution in [0.25, 0.3) is 32.7 Å². The number of fused-ring (bicyclic) bond motifs is 2. The third-order valence-corrected chi connectivity index (χ3v) is 15.6. The van der Waals surface area contributed by atoms with Crippen LogP contribution in [0.3, 0.4) is 0 Å². The molecule has 0 bridgehead atoms. The Kier molecular flexibility index (Phi) is 16.9. The van der Waals surface area contributed by atoms with Gasteiger partial charge in [-0.15, -0.1) is 0 Å². The number of hydrogen-bond donors (Lipinski definition) is 0. The molecule has 0 radical (unpaired) electrons. The van der Waals surface area contributed by atoms with Gasteiger partial charge in [-0.2, -0.15) is 0 Å². The molecule has 0 spiro atoms. The Morgan fingerprint density at radius 1 is 0.295 bits per heavy atom. The van der Waals surface area contributed by atoms with Crippen molar-refractivity contribution in [2.75, 3.05) is 0 Å². The number of halogens is 2. The van der Waals surface area contributed by atoms with Crippen molar-refractivity contribution in [1.82, 2.24) is 9.97 Å². The van der Waals surface area contributed by atoms with Gasteiger partial charge in [-0.1, -0.05) is 146 Å². The van der Waals surface area contributed by atoms with Crippen LogP contribution in [0, 0.1) is 0 Å². The second-order valence-electron chi connectivity index (χ2n) is 13.7. The van der Waals surface area contributed by atoms with Crippen LogP contribution < -0.4 is 31.8 Å². The summed E-state index contributed by atoms with van der Waals surface area (Å²) in [4.78, 5) is 7.57. The minimum atomic E-state index is -1.37. The summed E-state index contributed by atoms with van der Waals surface area (Å²) in [7, 11) is 6.97. The first-order valence-electron chi connectivity index (χ1n) is 19.8. The molecule has 0 aliphatic carbocycles. The van der Waals surface area contributed by atoms with E-state index >= 15 is 0 Å². The number of aromatic nitrogens is 2. The fourth-order valence-corrected chi connectivity index (χ4v) is 13.0. The summed E-state index contributed by atoms with van der Waals surface area (Å²) in [5, 5.41) is 13.6. The Balaban J connectivity index is 0.000000317. The van der Waals surface area contributed by atoms with Crippen LogP contribution in [-0.4, -0.2) is 9.97 Å². The van der Waals surface area contributed by atoms with Crippen LogP contribution >= 0.6 is 35.2 Å². The zero-order valence-electron chi connectivity index (χ0n) is 33.3. The average Bonchev–Trinajstić information content (AvgIpc) is 3.35. The van der Waals surface area contributed by atoms with Crippen LogP contribution in [0.15, 0.2) is 255 Å². The fraction of sp³-hybridized carbons (Fsp3) is 0. The molecule has 0 aliphatic heterocycles. The normalized spacial score (nSPS) is 10.6. The van der Waals surface area contributed by atoms with E-state index in [0.29, 0.717) is 0 Å². The van der Waals surface area contributed by atoms with E-state index in [-0.39, 0.29) is 15.1 Å². The first-order valence-corrected chi connectivity index (χ1v) is 27.3. The Morgan fingerprint density at radius 3 is 0.820 bits per heavy atom. The smallest absolute Gasteiger partial charge is 0.111 e. The monoisotopic (exact) mass is 954 g/mol. The van der Waals surface area contributed by atoms with Gasteiger partial charge in [-0.3, -0.25) is 9.97 Å². The predicted molar refractivity (Wildman–Crippen MR) is 267 cm³/mol. The first kappa shape index (κ1) is 43.7. The molecule has 0 aliphatic rings. The molecule has 0 amide bonds. The van der Waals surface area contributed by atoms with Gasteiger partial charge in [-0.05, 0) is 106 Å². The molecule has 7 heteroatoms. The summed E-state index contributed by atoms with van der Waals surface area (Å²) in [6, 6.07) is 83.6. The number of pyridine rings is 2. The van der Waals surface area contributed by atoms with Crippen molar-refractivity contribution in [3.63, 3.8) is 0 Å². The summed E-state index contributed by atoms with van der Waals surface area (Å²) in [6.45, 7) is 0. The van der Waals surface area contributed by atoms with Crippen molar-refractivity contribution in [1.29, 1.82) is 0 Å². The van der Waals surface area contributed by atoms with Gasteiger partial charge in [-0.25, -0.2) is 0 Å². The second kappa shape index (κ2) is 23.6. The molecule has 2 heterocycles. The minimum Gasteiger partial charge on any atom is -0.265 e. The molecular weight excluding hydrogens is 911 g/mol. The largest absolute Gasteiger partial charge is 0.265 e. The molecule has 2 aromatic heterocycles. The van der Waals surface area contributed by atoms with E-state index in [9.17, 15) is 0 Å². The van der Waals surface area contributed by atoms with Crippen LogP contribution in [0.4, 0.5) is 0 Å². The molecule has 0 fully saturated rings. The van der Waals surface area contributed by atoms with E-state index < -0.39 is 15.8 Å². The maximum absolute atomic E-state index is 4.85. The number of nitrogens with zero attached hydrogens (tertiary/aromatic N) is 2. The summed E-state index contributed by atoms with van der Waals surface area (Å²) in [5.74, 6) is 0. The molecule has 10 aromatic rings. The van der Waals surface area contributed by atoms with E-state index in [0.717, 1.165) is 0 Å². The third kappa shape index (κ3) is 11.5. The van der Waals surface area contributed by atoms with Gasteiger partial charge in [0.25, 0.3) is 0 Å². The molecule has 2 nitrogen and oxygen atoms in total. The van der Waals surface area contributed by atoms with Gasteiger partial charge in [0.1, 0.15) is 31.8 Å². The first-order chi connectivity index (χ1) is 30.3. The van der Waals surface area contributed by atoms with E-state index in [2.05, 4.69) is 204 Å². The molecule has 8 aromatic carbocycles. The van der Waals surface area contributed by atoms with Gasteiger partial charge in [0, 0.05) is 35.9 Å². The Bertz CT molecular complexity index is 2480. The average molecular weight is 955 g/mol. The van der Waals surface area contributed by atoms with Gasteiger partial charge < -0.3 is 0 Å². The zero-order chi connectivity index (χ0) is 41.9. The fourth-order valence-electron chi connectivity index (χ4n) is 7.50. The van der Waals surface area contributed by atoms with Crippen molar-refractivity contribution in [3.05, 3.63) is 255 Å². The molecule has 61 heavy (non-hydrogen) atoms. The topological polar surface area (TPSA) is 25.8 Å². The van der Waals surface area contributed by atoms with Crippen molar-refractivity contribution in [2.24, 2.45) is 0 Å². The molecule has 0 saturated heterocycles. The van der Waals surface area contributed by atoms with Gasteiger partial charge in [0.2, 0.25) is 0 Å². The third-order valence-electron chi connectivity index (χ3n) is 10.0. The Morgan fingerprint density at radius 2 is 0.557 bits per heavy atom. The van der Waals surface area contributed by atoms with Gasteiger partial charge in [0.05, 0.1) is 15.8 Å². The van der Waals surface area contributed by atoms with Gasteiger partial charge in [0.15, 0.2) is 0 Å². The SMILES string of the molecule is [Cl][Ru][Cl].c1ccc([PH+](c2ccccc2)c2ccc3ccccc3c2-c2c([PH+](c3ccccc3)c3ccccc3)ccc3ccccc23)cc1.c1ccncc1.c1ccncc1. The molecule has 300 valence electrons. The number of hydrogen-bond acceptors (Lipinski definition) is 2. The van der Waals surface area contributed by atoms with E-state index in [4.69, 9.17) is 19.4 Å². The second-order valence-corrected chi connectivity index (χ2v) is 21.3. The Labute approximate surface area is 377 Å². The molecule has 0 N–H and O–H groups in total. The molecule has 10 rings (SSSR count). The van der Waals surface area contributed by atoms with Crippen molar-refractivity contribution < 1.29 is 15.1 Å². The molecule has 0 unspecified atom stereocenters. The predicted octanol–water partition coefficient (Wildman–Crippen LogP) is 12.2. The van der Waals surface area contributed by atoms with Crippen molar-refractivity contribution in [2.45, 2.75) is 0 Å². The maximum Gasteiger partial charge on any atom is 0.111 e. The summed E-state index contributed by atoms with van der Waals surface area (Å²) in [6.07, 6.45) is 7.00. The van der Waals surface area contributed by atoms with Gasteiger partial charge >= 0.3 is 34.5 Å². The number of benzene rings is 8. The van der Waals surface area contributed by atoms with Crippen molar-refractivity contribution in [3.8, 4) is 11.1 Å². The van der Waals surface area contributed by atoms with Crippen LogP contribution in [-0.2, 0) is 15.1 Å². The Hall–Kier alpha value is -5.36. The molecular formula is C54H44Cl2N2P2Ru+2. The van der Waals surface area contributed by atoms with Crippen LogP contribution in [0.5, 0.6) is 0 Å². The standard InChI is InChI=1S/C44H32P2.2C5H5N.2ClH.Ru/c1-5-19-35(20-6-1)45(36-21-7-2-8-22-36)41-31-29-33-17-13-15-27-39(33)43(41)44-40-28-16-14-18-34(40)30-32-42(44)46(37-23-9-3-10-24-37)38-25-11-4-12-26-38;2*1-2-4-6-5-3-1;;;/h1-32H;2*1-5H;2*1H;/q;;;;;+2. The quantitative estimate of drug-likeness (QED) is 0.118. The van der Waals surface area contributed by atoms with Crippen LogP contribution in [0.1, 0.15) is 0 Å². The zero-order valence-corrected chi connectivity index (χ0v) is 38.5. The van der Waals surface area contributed by atoms with Crippen molar-refractivity contribution >= 4 is 88.6 Å². The van der Waals surface area contributed by atoms with E-state index in [1.54, 1.807) is 24.8 Å². The summed E-state index contributed by atoms with van der Waals surface area (Å²) < 4.78 is 0. The number of rotatable bonds is 7.